The van der Waals surface area contributed by atoms with Crippen molar-refractivity contribution >= 4 is 5.82 Å². The first-order valence-corrected chi connectivity index (χ1v) is 5.28. The summed E-state index contributed by atoms with van der Waals surface area (Å²) in [6.45, 7) is 0.782. The highest BCUT2D eigenvalue weighted by atomic mass is 15.0. The zero-order chi connectivity index (χ0) is 9.80. The molecule has 2 rings (SSSR count). The van der Waals surface area contributed by atoms with Gasteiger partial charge in [0.15, 0.2) is 0 Å². The van der Waals surface area contributed by atoms with Gasteiger partial charge in [-0.3, -0.25) is 0 Å². The van der Waals surface area contributed by atoms with Gasteiger partial charge in [0.05, 0.1) is 0 Å². The fourth-order valence-electron chi connectivity index (χ4n) is 2.15. The molecule has 0 saturated heterocycles. The summed E-state index contributed by atoms with van der Waals surface area (Å²) in [5, 5.41) is 3.45. The molecule has 0 bridgehead atoms. The van der Waals surface area contributed by atoms with Gasteiger partial charge in [-0.25, -0.2) is 4.98 Å². The lowest BCUT2D eigenvalue weighted by Gasteiger charge is -2.19. The second-order valence-electron chi connectivity index (χ2n) is 3.89. The standard InChI is InChI=1S/C11H17N3/c12-8-9-4-3-5-10(9)14-11-6-1-2-7-13-11/h1-2,6-7,9-10H,3-5,8,12H2,(H,13,14). The Morgan fingerprint density at radius 1 is 1.43 bits per heavy atom. The van der Waals surface area contributed by atoms with E-state index in [9.17, 15) is 0 Å². The molecule has 1 aliphatic rings. The molecule has 1 aliphatic carbocycles. The summed E-state index contributed by atoms with van der Waals surface area (Å²) in [5.74, 6) is 1.59. The molecule has 1 aromatic rings. The summed E-state index contributed by atoms with van der Waals surface area (Å²) in [4.78, 5) is 4.26. The molecule has 3 nitrogen and oxygen atoms in total. The van der Waals surface area contributed by atoms with Crippen molar-refractivity contribution in [3.63, 3.8) is 0 Å². The maximum Gasteiger partial charge on any atom is 0.126 e. The Labute approximate surface area is 84.7 Å². The number of nitrogens with one attached hydrogen (secondary N) is 1. The maximum atomic E-state index is 5.72. The molecule has 0 amide bonds. The maximum absolute atomic E-state index is 5.72. The van der Waals surface area contributed by atoms with Gasteiger partial charge in [-0.15, -0.1) is 0 Å². The average molecular weight is 191 g/mol. The normalized spacial score (nSPS) is 26.4. The quantitative estimate of drug-likeness (QED) is 0.763. The Balaban J connectivity index is 1.97. The van der Waals surface area contributed by atoms with Crippen LogP contribution in [0.3, 0.4) is 0 Å². The van der Waals surface area contributed by atoms with E-state index < -0.39 is 0 Å². The van der Waals surface area contributed by atoms with Gasteiger partial charge in [0.2, 0.25) is 0 Å². The van der Waals surface area contributed by atoms with Crippen molar-refractivity contribution in [2.75, 3.05) is 11.9 Å². The third-order valence-corrected chi connectivity index (χ3v) is 2.96. The van der Waals surface area contributed by atoms with E-state index in [1.54, 1.807) is 0 Å². The fraction of sp³-hybridized carbons (Fsp3) is 0.545. The number of pyridine rings is 1. The van der Waals surface area contributed by atoms with Crippen molar-refractivity contribution in [2.45, 2.75) is 25.3 Å². The highest BCUT2D eigenvalue weighted by Gasteiger charge is 2.25. The molecule has 1 fully saturated rings. The van der Waals surface area contributed by atoms with Crippen molar-refractivity contribution in [3.8, 4) is 0 Å². The second kappa shape index (κ2) is 4.42. The molecule has 0 aliphatic heterocycles. The van der Waals surface area contributed by atoms with E-state index in [0.717, 1.165) is 12.4 Å². The summed E-state index contributed by atoms with van der Waals surface area (Å²) in [6.07, 6.45) is 5.57. The minimum Gasteiger partial charge on any atom is -0.367 e. The minimum absolute atomic E-state index is 0.523. The van der Waals surface area contributed by atoms with Crippen LogP contribution in [-0.4, -0.2) is 17.6 Å². The van der Waals surface area contributed by atoms with Crippen LogP contribution in [0, 0.1) is 5.92 Å². The zero-order valence-electron chi connectivity index (χ0n) is 8.32. The molecule has 1 heterocycles. The van der Waals surface area contributed by atoms with Gasteiger partial charge in [0.25, 0.3) is 0 Å². The SMILES string of the molecule is NCC1CCCC1Nc1ccccn1. The van der Waals surface area contributed by atoms with Crippen molar-refractivity contribution in [2.24, 2.45) is 11.7 Å². The van der Waals surface area contributed by atoms with E-state index >= 15 is 0 Å². The number of nitrogens with zero attached hydrogens (tertiary/aromatic N) is 1. The first-order valence-electron chi connectivity index (χ1n) is 5.28. The molecular weight excluding hydrogens is 174 g/mol. The fourth-order valence-corrected chi connectivity index (χ4v) is 2.15. The molecule has 76 valence electrons. The molecular formula is C11H17N3. The predicted molar refractivity (Wildman–Crippen MR) is 58.0 cm³/mol. The zero-order valence-corrected chi connectivity index (χ0v) is 8.32. The summed E-state index contributed by atoms with van der Waals surface area (Å²) in [7, 11) is 0. The van der Waals surface area contributed by atoms with Crippen LogP contribution in [0.1, 0.15) is 19.3 Å². The van der Waals surface area contributed by atoms with Crippen LogP contribution in [-0.2, 0) is 0 Å². The molecule has 2 atom stereocenters. The lowest BCUT2D eigenvalue weighted by Crippen LogP contribution is -2.29. The molecule has 2 unspecified atom stereocenters. The van der Waals surface area contributed by atoms with E-state index in [4.69, 9.17) is 5.73 Å². The van der Waals surface area contributed by atoms with Crippen LogP contribution < -0.4 is 11.1 Å². The first-order chi connectivity index (χ1) is 6.90. The Morgan fingerprint density at radius 2 is 2.36 bits per heavy atom. The van der Waals surface area contributed by atoms with Crippen molar-refractivity contribution in [3.05, 3.63) is 24.4 Å². The number of hydrogen-bond donors (Lipinski definition) is 2. The van der Waals surface area contributed by atoms with Gasteiger partial charge in [-0.2, -0.15) is 0 Å². The Hall–Kier alpha value is -1.09. The number of aromatic nitrogens is 1. The number of hydrogen-bond acceptors (Lipinski definition) is 3. The topological polar surface area (TPSA) is 50.9 Å². The molecule has 1 aromatic heterocycles. The lowest BCUT2D eigenvalue weighted by molar-refractivity contribution is 0.515. The highest BCUT2D eigenvalue weighted by molar-refractivity contribution is 5.35. The largest absolute Gasteiger partial charge is 0.367 e. The molecule has 0 aromatic carbocycles. The monoisotopic (exact) mass is 191 g/mol. The van der Waals surface area contributed by atoms with E-state index in [0.29, 0.717) is 12.0 Å². The van der Waals surface area contributed by atoms with Gasteiger partial charge < -0.3 is 11.1 Å². The number of rotatable bonds is 3. The molecule has 3 N–H and O–H groups in total. The van der Waals surface area contributed by atoms with Crippen LogP contribution in [0.2, 0.25) is 0 Å². The summed E-state index contributed by atoms with van der Waals surface area (Å²) in [6, 6.07) is 6.46. The van der Waals surface area contributed by atoms with Crippen LogP contribution in [0.5, 0.6) is 0 Å². The summed E-state index contributed by atoms with van der Waals surface area (Å²) in [5.41, 5.74) is 5.72. The number of anilines is 1. The Bertz CT molecular complexity index is 273. The predicted octanol–water partition coefficient (Wildman–Crippen LogP) is 1.62. The van der Waals surface area contributed by atoms with Gasteiger partial charge in [0.1, 0.15) is 5.82 Å². The van der Waals surface area contributed by atoms with Crippen molar-refractivity contribution in [1.29, 1.82) is 0 Å². The molecule has 3 heteroatoms. The molecule has 0 spiro atoms. The van der Waals surface area contributed by atoms with Gasteiger partial charge in [0, 0.05) is 12.2 Å². The highest BCUT2D eigenvalue weighted by Crippen LogP contribution is 2.26. The smallest absolute Gasteiger partial charge is 0.126 e. The molecule has 0 radical (unpaired) electrons. The summed E-state index contributed by atoms with van der Waals surface area (Å²) >= 11 is 0. The first kappa shape index (κ1) is 9.46. The molecule has 1 saturated carbocycles. The average Bonchev–Trinajstić information content (AvgIpc) is 2.67. The van der Waals surface area contributed by atoms with Crippen LogP contribution in [0.4, 0.5) is 5.82 Å². The second-order valence-corrected chi connectivity index (χ2v) is 3.89. The van der Waals surface area contributed by atoms with Crippen LogP contribution >= 0.6 is 0 Å². The number of nitrogens with two attached hydrogens (primary N) is 1. The van der Waals surface area contributed by atoms with Crippen molar-refractivity contribution < 1.29 is 0 Å². The van der Waals surface area contributed by atoms with Crippen molar-refractivity contribution in [1.82, 2.24) is 4.98 Å². The van der Waals surface area contributed by atoms with Gasteiger partial charge in [-0.1, -0.05) is 12.5 Å². The third kappa shape index (κ3) is 2.04. The van der Waals surface area contributed by atoms with E-state index in [-0.39, 0.29) is 0 Å². The van der Waals surface area contributed by atoms with E-state index in [1.165, 1.54) is 19.3 Å². The lowest BCUT2D eigenvalue weighted by atomic mass is 10.0. The third-order valence-electron chi connectivity index (χ3n) is 2.96. The Kier molecular flexibility index (Phi) is 2.99. The minimum atomic E-state index is 0.523. The Morgan fingerprint density at radius 3 is 3.07 bits per heavy atom. The van der Waals surface area contributed by atoms with E-state index in [2.05, 4.69) is 10.3 Å². The van der Waals surface area contributed by atoms with Gasteiger partial charge >= 0.3 is 0 Å². The summed E-state index contributed by atoms with van der Waals surface area (Å²) < 4.78 is 0. The molecule has 14 heavy (non-hydrogen) atoms. The van der Waals surface area contributed by atoms with E-state index in [1.807, 2.05) is 24.4 Å². The van der Waals surface area contributed by atoms with Gasteiger partial charge in [-0.05, 0) is 37.4 Å². The van der Waals surface area contributed by atoms with Crippen LogP contribution in [0.25, 0.3) is 0 Å². The van der Waals surface area contributed by atoms with Crippen LogP contribution in [0.15, 0.2) is 24.4 Å².